The van der Waals surface area contributed by atoms with Gasteiger partial charge in [0.25, 0.3) is 5.91 Å². The molecule has 1 atom stereocenters. The second kappa shape index (κ2) is 8.54. The van der Waals surface area contributed by atoms with E-state index in [2.05, 4.69) is 10.4 Å². The van der Waals surface area contributed by atoms with Gasteiger partial charge in [0, 0.05) is 38.4 Å². The summed E-state index contributed by atoms with van der Waals surface area (Å²) in [6, 6.07) is 11.6. The Morgan fingerprint density at radius 1 is 1.15 bits per heavy atom. The van der Waals surface area contributed by atoms with Crippen molar-refractivity contribution in [3.05, 3.63) is 48.3 Å². The van der Waals surface area contributed by atoms with Gasteiger partial charge in [-0.1, -0.05) is 18.2 Å². The average molecular weight is 390 g/mol. The molecule has 2 aromatic rings. The molecule has 1 N–H and O–H groups in total. The number of rotatable bonds is 3. The van der Waals surface area contributed by atoms with Gasteiger partial charge in [-0.2, -0.15) is 5.10 Å². The normalized spacial score (nSPS) is 20.3. The standard InChI is InChI=1S/C19H23N5O2.ClH/c25-18-13-20-9-12-23(18)16-7-4-10-22(14-16)19(26)17-8-11-24(21-17)15-5-2-1-3-6-15;/h1-3,5-6,8,11,16,20H,4,7,9-10,12-14H2;1H. The van der Waals surface area contributed by atoms with Crippen molar-refractivity contribution in [2.45, 2.75) is 18.9 Å². The van der Waals surface area contributed by atoms with Gasteiger partial charge in [-0.3, -0.25) is 9.59 Å². The third-order valence-corrected chi connectivity index (χ3v) is 5.08. The zero-order valence-corrected chi connectivity index (χ0v) is 15.9. The first-order valence-corrected chi connectivity index (χ1v) is 9.13. The van der Waals surface area contributed by atoms with E-state index in [0.717, 1.165) is 25.1 Å². The number of likely N-dealkylation sites (tertiary alicyclic amines) is 1. The number of hydrogen-bond acceptors (Lipinski definition) is 4. The van der Waals surface area contributed by atoms with Crippen LogP contribution in [0.4, 0.5) is 0 Å². The monoisotopic (exact) mass is 389 g/mol. The summed E-state index contributed by atoms with van der Waals surface area (Å²) in [5.74, 6) is 0.0656. The summed E-state index contributed by atoms with van der Waals surface area (Å²) in [5.41, 5.74) is 1.37. The SMILES string of the molecule is Cl.O=C(c1ccn(-c2ccccc2)n1)N1CCCC(N2CCNCC2=O)C1. The number of nitrogens with one attached hydrogen (secondary N) is 1. The predicted molar refractivity (Wildman–Crippen MR) is 104 cm³/mol. The zero-order chi connectivity index (χ0) is 17.9. The van der Waals surface area contributed by atoms with Crippen LogP contribution in [0, 0.1) is 0 Å². The number of carbonyl (C=O) groups is 2. The second-order valence-corrected chi connectivity index (χ2v) is 6.79. The van der Waals surface area contributed by atoms with E-state index in [0.29, 0.717) is 31.9 Å². The van der Waals surface area contributed by atoms with Crippen molar-refractivity contribution in [1.82, 2.24) is 24.9 Å². The van der Waals surface area contributed by atoms with Gasteiger partial charge in [-0.25, -0.2) is 4.68 Å². The number of piperazine rings is 1. The zero-order valence-electron chi connectivity index (χ0n) is 15.1. The van der Waals surface area contributed by atoms with Crippen molar-refractivity contribution < 1.29 is 9.59 Å². The highest BCUT2D eigenvalue weighted by Crippen LogP contribution is 2.19. The predicted octanol–water partition coefficient (Wildman–Crippen LogP) is 1.33. The minimum atomic E-state index is -0.0630. The number of aromatic nitrogens is 2. The van der Waals surface area contributed by atoms with E-state index in [1.807, 2.05) is 46.3 Å². The summed E-state index contributed by atoms with van der Waals surface area (Å²) in [7, 11) is 0. The molecule has 0 aliphatic carbocycles. The quantitative estimate of drug-likeness (QED) is 0.859. The number of halogens is 1. The maximum absolute atomic E-state index is 12.9. The first-order valence-electron chi connectivity index (χ1n) is 9.13. The molecule has 2 fully saturated rings. The average Bonchev–Trinajstić information content (AvgIpc) is 3.19. The fourth-order valence-electron chi connectivity index (χ4n) is 3.73. The maximum Gasteiger partial charge on any atom is 0.274 e. The minimum absolute atomic E-state index is 0. The van der Waals surface area contributed by atoms with Gasteiger partial charge >= 0.3 is 0 Å². The molecule has 1 aromatic heterocycles. The summed E-state index contributed by atoms with van der Waals surface area (Å²) in [6.45, 7) is 3.23. The fourth-order valence-corrected chi connectivity index (χ4v) is 3.73. The molecule has 1 aromatic carbocycles. The van der Waals surface area contributed by atoms with Crippen LogP contribution in [0.3, 0.4) is 0 Å². The third-order valence-electron chi connectivity index (χ3n) is 5.08. The van der Waals surface area contributed by atoms with Crippen LogP contribution in [0.1, 0.15) is 23.3 Å². The van der Waals surface area contributed by atoms with Crippen molar-refractivity contribution in [3.8, 4) is 5.69 Å². The van der Waals surface area contributed by atoms with Crippen molar-refractivity contribution in [2.75, 3.05) is 32.7 Å². The van der Waals surface area contributed by atoms with Gasteiger partial charge in [-0.05, 0) is 31.0 Å². The number of nitrogens with zero attached hydrogens (tertiary/aromatic N) is 4. The number of hydrogen-bond donors (Lipinski definition) is 1. The number of para-hydroxylation sites is 1. The molecule has 2 amide bonds. The largest absolute Gasteiger partial charge is 0.336 e. The number of amides is 2. The van der Waals surface area contributed by atoms with E-state index in [1.54, 1.807) is 10.7 Å². The Morgan fingerprint density at radius 3 is 2.74 bits per heavy atom. The summed E-state index contributed by atoms with van der Waals surface area (Å²) in [6.07, 6.45) is 3.67. The molecule has 3 heterocycles. The Labute approximate surface area is 164 Å². The molecule has 4 rings (SSSR count). The van der Waals surface area contributed by atoms with Crippen molar-refractivity contribution >= 4 is 24.2 Å². The molecular formula is C19H24ClN5O2. The van der Waals surface area contributed by atoms with Crippen molar-refractivity contribution in [3.63, 3.8) is 0 Å². The first kappa shape index (κ1) is 19.4. The van der Waals surface area contributed by atoms with Crippen LogP contribution in [0.25, 0.3) is 5.69 Å². The highest BCUT2D eigenvalue weighted by molar-refractivity contribution is 5.92. The van der Waals surface area contributed by atoms with Crippen LogP contribution < -0.4 is 5.32 Å². The molecule has 144 valence electrons. The lowest BCUT2D eigenvalue weighted by molar-refractivity contribution is -0.135. The van der Waals surface area contributed by atoms with Gasteiger partial charge in [0.15, 0.2) is 5.69 Å². The van der Waals surface area contributed by atoms with E-state index in [4.69, 9.17) is 0 Å². The lowest BCUT2D eigenvalue weighted by atomic mass is 10.0. The lowest BCUT2D eigenvalue weighted by Crippen LogP contribution is -2.57. The summed E-state index contributed by atoms with van der Waals surface area (Å²) < 4.78 is 1.72. The molecule has 2 saturated heterocycles. The Kier molecular flexibility index (Phi) is 6.13. The van der Waals surface area contributed by atoms with Gasteiger partial charge in [0.2, 0.25) is 5.91 Å². The molecule has 7 nitrogen and oxygen atoms in total. The first-order chi connectivity index (χ1) is 12.7. The van der Waals surface area contributed by atoms with E-state index in [1.165, 1.54) is 0 Å². The summed E-state index contributed by atoms with van der Waals surface area (Å²) in [5, 5.41) is 7.54. The molecule has 0 saturated carbocycles. The van der Waals surface area contributed by atoms with E-state index in [-0.39, 0.29) is 30.3 Å². The molecule has 0 bridgehead atoms. The van der Waals surface area contributed by atoms with Crippen molar-refractivity contribution in [1.29, 1.82) is 0 Å². The Bertz CT molecular complexity index is 794. The van der Waals surface area contributed by atoms with Crippen LogP contribution in [-0.2, 0) is 4.79 Å². The molecule has 1 unspecified atom stereocenters. The summed E-state index contributed by atoms with van der Waals surface area (Å²) >= 11 is 0. The van der Waals surface area contributed by atoms with Crippen LogP contribution in [0.2, 0.25) is 0 Å². The fraction of sp³-hybridized carbons (Fsp3) is 0.421. The van der Waals surface area contributed by atoms with Crippen LogP contribution in [-0.4, -0.2) is 70.2 Å². The smallest absolute Gasteiger partial charge is 0.274 e. The molecule has 2 aliphatic heterocycles. The Balaban J connectivity index is 0.00000210. The number of piperidine rings is 1. The molecular weight excluding hydrogens is 366 g/mol. The minimum Gasteiger partial charge on any atom is -0.336 e. The van der Waals surface area contributed by atoms with Crippen LogP contribution >= 0.6 is 12.4 Å². The van der Waals surface area contributed by atoms with E-state index >= 15 is 0 Å². The van der Waals surface area contributed by atoms with Gasteiger partial charge < -0.3 is 15.1 Å². The van der Waals surface area contributed by atoms with Gasteiger partial charge in [0.05, 0.1) is 12.2 Å². The molecule has 0 spiro atoms. The van der Waals surface area contributed by atoms with E-state index in [9.17, 15) is 9.59 Å². The van der Waals surface area contributed by atoms with Gasteiger partial charge in [0.1, 0.15) is 0 Å². The van der Waals surface area contributed by atoms with Gasteiger partial charge in [-0.15, -0.1) is 12.4 Å². The Morgan fingerprint density at radius 2 is 1.96 bits per heavy atom. The number of benzene rings is 1. The summed E-state index contributed by atoms with van der Waals surface area (Å²) in [4.78, 5) is 28.8. The highest BCUT2D eigenvalue weighted by Gasteiger charge is 2.32. The second-order valence-electron chi connectivity index (χ2n) is 6.79. The highest BCUT2D eigenvalue weighted by atomic mass is 35.5. The van der Waals surface area contributed by atoms with Crippen molar-refractivity contribution in [2.24, 2.45) is 0 Å². The third kappa shape index (κ3) is 4.14. The number of carbonyl (C=O) groups excluding carboxylic acids is 2. The van der Waals surface area contributed by atoms with Crippen LogP contribution in [0.5, 0.6) is 0 Å². The van der Waals surface area contributed by atoms with E-state index < -0.39 is 0 Å². The molecule has 27 heavy (non-hydrogen) atoms. The van der Waals surface area contributed by atoms with Crippen LogP contribution in [0.15, 0.2) is 42.6 Å². The topological polar surface area (TPSA) is 70.5 Å². The lowest BCUT2D eigenvalue weighted by Gasteiger charge is -2.40. The molecule has 8 heteroatoms. The molecule has 0 radical (unpaired) electrons. The molecule has 2 aliphatic rings. The Hall–Kier alpha value is -2.38. The maximum atomic E-state index is 12.9.